The molecule has 1 aliphatic rings. The molecule has 1 aliphatic heterocycles. The first-order valence-corrected chi connectivity index (χ1v) is 7.43. The second-order valence-corrected chi connectivity index (χ2v) is 5.43. The van der Waals surface area contributed by atoms with Crippen LogP contribution in [-0.2, 0) is 0 Å². The van der Waals surface area contributed by atoms with E-state index in [1.54, 1.807) is 4.90 Å². The zero-order valence-corrected chi connectivity index (χ0v) is 12.8. The lowest BCUT2D eigenvalue weighted by Crippen LogP contribution is -2.23. The van der Waals surface area contributed by atoms with Gasteiger partial charge in [0, 0.05) is 25.8 Å². The van der Waals surface area contributed by atoms with Crippen LogP contribution in [0.15, 0.2) is 30.3 Å². The Balaban J connectivity index is 2.07. The maximum Gasteiger partial charge on any atom is 0.353 e. The first kappa shape index (κ1) is 15.0. The van der Waals surface area contributed by atoms with Crippen LogP contribution >= 0.6 is 0 Å². The number of rotatable bonds is 4. The maximum atomic E-state index is 11.4. The van der Waals surface area contributed by atoms with E-state index in [2.05, 4.69) is 9.97 Å². The molecule has 0 radical (unpaired) electrons. The van der Waals surface area contributed by atoms with E-state index in [0.29, 0.717) is 11.8 Å². The second-order valence-electron chi connectivity index (χ2n) is 5.43. The van der Waals surface area contributed by atoms with Gasteiger partial charge < -0.3 is 15.5 Å². The van der Waals surface area contributed by atoms with Crippen LogP contribution in [0.3, 0.4) is 0 Å². The van der Waals surface area contributed by atoms with E-state index >= 15 is 0 Å². The fourth-order valence-electron chi connectivity index (χ4n) is 2.69. The number of para-hydroxylation sites is 1. The topological polar surface area (TPSA) is 101 Å². The van der Waals surface area contributed by atoms with Crippen molar-refractivity contribution < 1.29 is 4.92 Å². The van der Waals surface area contributed by atoms with Crippen molar-refractivity contribution in [2.24, 2.45) is 0 Å². The Morgan fingerprint density at radius 1 is 1.22 bits per heavy atom. The normalized spacial score (nSPS) is 14.0. The number of benzene rings is 1. The molecule has 3 rings (SSSR count). The molecule has 0 spiro atoms. The summed E-state index contributed by atoms with van der Waals surface area (Å²) in [5.41, 5.74) is 6.53. The monoisotopic (exact) mass is 314 g/mol. The summed E-state index contributed by atoms with van der Waals surface area (Å²) in [4.78, 5) is 23.1. The van der Waals surface area contributed by atoms with Gasteiger partial charge in [-0.1, -0.05) is 18.2 Å². The maximum absolute atomic E-state index is 11.4. The molecule has 0 aliphatic carbocycles. The van der Waals surface area contributed by atoms with E-state index in [0.717, 1.165) is 31.6 Å². The lowest BCUT2D eigenvalue weighted by atomic mass is 10.3. The van der Waals surface area contributed by atoms with E-state index in [1.165, 1.54) is 0 Å². The van der Waals surface area contributed by atoms with Gasteiger partial charge in [-0.2, -0.15) is 9.97 Å². The van der Waals surface area contributed by atoms with Crippen molar-refractivity contribution in [3.8, 4) is 0 Å². The number of anilines is 4. The Bertz CT molecular complexity index is 715. The highest BCUT2D eigenvalue weighted by Crippen LogP contribution is 2.35. The minimum atomic E-state index is -0.505. The molecule has 8 nitrogen and oxygen atoms in total. The molecule has 2 aromatic rings. The van der Waals surface area contributed by atoms with E-state index in [4.69, 9.17) is 5.73 Å². The molecule has 2 heterocycles. The number of nitro groups is 1. The number of nitrogen functional groups attached to an aromatic ring is 1. The molecule has 23 heavy (non-hydrogen) atoms. The zero-order chi connectivity index (χ0) is 16.4. The van der Waals surface area contributed by atoms with Crippen molar-refractivity contribution in [1.29, 1.82) is 0 Å². The third-order valence-electron chi connectivity index (χ3n) is 3.91. The standard InChI is InChI=1S/C15H18N6O2/c1-19(11-7-3-2-4-8-11)15-17-13(16)12(21(22)23)14(18-15)20-9-5-6-10-20/h2-4,7-8H,5-6,9-10H2,1H3,(H2,16,17,18). The van der Waals surface area contributed by atoms with Crippen molar-refractivity contribution in [1.82, 2.24) is 9.97 Å². The average molecular weight is 314 g/mol. The Hall–Kier alpha value is -2.90. The van der Waals surface area contributed by atoms with Crippen molar-refractivity contribution in [3.63, 3.8) is 0 Å². The predicted octanol–water partition coefficient (Wildman–Crippen LogP) is 2.34. The van der Waals surface area contributed by atoms with Crippen LogP contribution in [0.5, 0.6) is 0 Å². The molecule has 120 valence electrons. The second kappa shape index (κ2) is 6.07. The van der Waals surface area contributed by atoms with Crippen LogP contribution in [0, 0.1) is 10.1 Å². The molecule has 1 fully saturated rings. The van der Waals surface area contributed by atoms with Crippen LogP contribution in [-0.4, -0.2) is 35.0 Å². The van der Waals surface area contributed by atoms with E-state index < -0.39 is 4.92 Å². The third-order valence-corrected chi connectivity index (χ3v) is 3.91. The highest BCUT2D eigenvalue weighted by molar-refractivity contribution is 5.72. The average Bonchev–Trinajstić information content (AvgIpc) is 3.08. The molecule has 0 unspecified atom stereocenters. The van der Waals surface area contributed by atoms with Gasteiger partial charge in [0.2, 0.25) is 17.6 Å². The van der Waals surface area contributed by atoms with Gasteiger partial charge in [-0.25, -0.2) is 0 Å². The van der Waals surface area contributed by atoms with E-state index in [1.807, 2.05) is 42.3 Å². The Kier molecular flexibility index (Phi) is 3.96. The largest absolute Gasteiger partial charge is 0.378 e. The van der Waals surface area contributed by atoms with Gasteiger partial charge in [-0.05, 0) is 25.0 Å². The van der Waals surface area contributed by atoms with Crippen LogP contribution < -0.4 is 15.5 Å². The number of nitrogens with two attached hydrogens (primary N) is 1. The van der Waals surface area contributed by atoms with E-state index in [-0.39, 0.29) is 11.5 Å². The summed E-state index contributed by atoms with van der Waals surface area (Å²) >= 11 is 0. The molecule has 1 saturated heterocycles. The van der Waals surface area contributed by atoms with Gasteiger partial charge in [0.25, 0.3) is 0 Å². The molecule has 1 aromatic carbocycles. The number of hydrogen-bond donors (Lipinski definition) is 1. The summed E-state index contributed by atoms with van der Waals surface area (Å²) in [5.74, 6) is 0.545. The predicted molar refractivity (Wildman–Crippen MR) is 89.1 cm³/mol. The molecule has 0 saturated carbocycles. The highest BCUT2D eigenvalue weighted by atomic mass is 16.6. The molecule has 0 bridgehead atoms. The Morgan fingerprint density at radius 3 is 2.48 bits per heavy atom. The van der Waals surface area contributed by atoms with Gasteiger partial charge >= 0.3 is 5.69 Å². The van der Waals surface area contributed by atoms with Gasteiger partial charge in [0.15, 0.2) is 0 Å². The minimum absolute atomic E-state index is 0.107. The lowest BCUT2D eigenvalue weighted by molar-refractivity contribution is -0.383. The SMILES string of the molecule is CN(c1ccccc1)c1nc(N)c([N+](=O)[O-])c(N2CCCC2)n1. The number of hydrogen-bond acceptors (Lipinski definition) is 7. The Morgan fingerprint density at radius 2 is 1.87 bits per heavy atom. The van der Waals surface area contributed by atoms with Crippen molar-refractivity contribution in [3.05, 3.63) is 40.4 Å². The summed E-state index contributed by atoms with van der Waals surface area (Å²) in [7, 11) is 1.81. The quantitative estimate of drug-likeness (QED) is 0.682. The molecule has 1 aromatic heterocycles. The fourth-order valence-corrected chi connectivity index (χ4v) is 2.69. The van der Waals surface area contributed by atoms with E-state index in [9.17, 15) is 10.1 Å². The lowest BCUT2D eigenvalue weighted by Gasteiger charge is -2.21. The summed E-state index contributed by atoms with van der Waals surface area (Å²) in [5, 5.41) is 11.4. The zero-order valence-electron chi connectivity index (χ0n) is 12.8. The van der Waals surface area contributed by atoms with Crippen molar-refractivity contribution in [2.75, 3.05) is 35.7 Å². The molecule has 8 heteroatoms. The molecule has 0 atom stereocenters. The van der Waals surface area contributed by atoms with Crippen LogP contribution in [0.4, 0.5) is 29.0 Å². The first-order valence-electron chi connectivity index (χ1n) is 7.43. The summed E-state index contributed by atoms with van der Waals surface area (Å²) in [6.07, 6.45) is 1.98. The smallest absolute Gasteiger partial charge is 0.353 e. The molecular formula is C15H18N6O2. The molecule has 2 N–H and O–H groups in total. The summed E-state index contributed by atoms with van der Waals surface area (Å²) < 4.78 is 0. The van der Waals surface area contributed by atoms with Crippen LogP contribution in [0.25, 0.3) is 0 Å². The molecular weight excluding hydrogens is 296 g/mol. The summed E-state index contributed by atoms with van der Waals surface area (Å²) in [6.45, 7) is 1.48. The van der Waals surface area contributed by atoms with Gasteiger partial charge in [-0.3, -0.25) is 10.1 Å². The van der Waals surface area contributed by atoms with Crippen molar-refractivity contribution in [2.45, 2.75) is 12.8 Å². The van der Waals surface area contributed by atoms with Gasteiger partial charge in [0.1, 0.15) is 0 Å². The van der Waals surface area contributed by atoms with Crippen LogP contribution in [0.2, 0.25) is 0 Å². The molecule has 0 amide bonds. The number of aromatic nitrogens is 2. The first-order chi connectivity index (χ1) is 11.1. The van der Waals surface area contributed by atoms with Gasteiger partial charge in [-0.15, -0.1) is 0 Å². The van der Waals surface area contributed by atoms with Gasteiger partial charge in [0.05, 0.1) is 4.92 Å². The number of nitrogens with zero attached hydrogens (tertiary/aromatic N) is 5. The summed E-state index contributed by atoms with van der Waals surface area (Å²) in [6, 6.07) is 9.55. The van der Waals surface area contributed by atoms with Crippen LogP contribution in [0.1, 0.15) is 12.8 Å². The third kappa shape index (κ3) is 2.87. The minimum Gasteiger partial charge on any atom is -0.378 e. The fraction of sp³-hybridized carbons (Fsp3) is 0.333. The Labute approximate surface area is 133 Å². The highest BCUT2D eigenvalue weighted by Gasteiger charge is 2.29. The van der Waals surface area contributed by atoms with Crippen molar-refractivity contribution >= 4 is 29.0 Å².